The third kappa shape index (κ3) is 5.59. The van der Waals surface area contributed by atoms with Crippen LogP contribution in [0, 0.1) is 5.92 Å². The number of carbonyl (C=O) groups excluding carboxylic acids is 1. The summed E-state index contributed by atoms with van der Waals surface area (Å²) in [6.45, 7) is 6.89. The van der Waals surface area contributed by atoms with Gasteiger partial charge in [-0.25, -0.2) is 0 Å². The van der Waals surface area contributed by atoms with Crippen molar-refractivity contribution in [2.75, 3.05) is 40.8 Å². The molecule has 0 aromatic rings. The predicted octanol–water partition coefficient (Wildman–Crippen LogP) is 1.67. The van der Waals surface area contributed by atoms with E-state index in [2.05, 4.69) is 53.4 Å². The molecule has 25 heavy (non-hydrogen) atoms. The zero-order chi connectivity index (χ0) is 18.4. The average molecular weight is 352 g/mol. The number of amides is 1. The van der Waals surface area contributed by atoms with E-state index >= 15 is 0 Å². The molecule has 2 aliphatic rings. The Balaban J connectivity index is 1.79. The van der Waals surface area contributed by atoms with E-state index in [0.717, 1.165) is 44.9 Å². The fraction of sp³-hybridized carbons (Fsp3) is 0.895. The van der Waals surface area contributed by atoms with Gasteiger partial charge in [0.05, 0.1) is 0 Å². The van der Waals surface area contributed by atoms with Gasteiger partial charge in [-0.05, 0) is 47.2 Å². The molecule has 6 nitrogen and oxygen atoms in total. The largest absolute Gasteiger partial charge is 0.355 e. The van der Waals surface area contributed by atoms with Crippen LogP contribution in [0.4, 0.5) is 0 Å². The molecule has 144 valence electrons. The second kappa shape index (κ2) is 8.88. The first-order chi connectivity index (χ1) is 11.8. The van der Waals surface area contributed by atoms with Gasteiger partial charge in [0, 0.05) is 44.2 Å². The summed E-state index contributed by atoms with van der Waals surface area (Å²) in [5.41, 5.74) is 0.0519. The number of nitrogens with zero attached hydrogens (tertiary/aromatic N) is 3. The Morgan fingerprint density at radius 2 is 1.88 bits per heavy atom. The molecule has 1 atom stereocenters. The maximum Gasteiger partial charge on any atom is 0.225 e. The maximum absolute atomic E-state index is 12.7. The number of hydrogen-bond donors (Lipinski definition) is 2. The summed E-state index contributed by atoms with van der Waals surface area (Å²) in [5, 5.41) is 6.91. The van der Waals surface area contributed by atoms with E-state index in [9.17, 15) is 4.79 Å². The predicted molar refractivity (Wildman–Crippen MR) is 104 cm³/mol. The molecule has 2 rings (SSSR count). The number of nitrogens with one attached hydrogen (secondary N) is 2. The molecule has 0 spiro atoms. The molecule has 0 bridgehead atoms. The van der Waals surface area contributed by atoms with Crippen LogP contribution in [0.2, 0.25) is 0 Å². The van der Waals surface area contributed by atoms with Gasteiger partial charge in [0.1, 0.15) is 0 Å². The number of likely N-dealkylation sites (tertiary alicyclic amines) is 1. The number of aliphatic imine (C=N–C) groups is 1. The minimum atomic E-state index is 0.0519. The summed E-state index contributed by atoms with van der Waals surface area (Å²) in [6.07, 6.45) is 6.87. The zero-order valence-electron chi connectivity index (χ0n) is 16.8. The highest BCUT2D eigenvalue weighted by atomic mass is 16.2. The zero-order valence-corrected chi connectivity index (χ0v) is 16.8. The van der Waals surface area contributed by atoms with E-state index in [1.54, 1.807) is 7.05 Å². The molecule has 6 heteroatoms. The summed E-state index contributed by atoms with van der Waals surface area (Å²) in [4.78, 5) is 21.3. The molecular formula is C19H37N5O. The molecule has 1 aliphatic heterocycles. The number of rotatable bonds is 5. The molecule has 1 saturated carbocycles. The highest BCUT2D eigenvalue weighted by molar-refractivity contribution is 5.81. The molecule has 1 aliphatic carbocycles. The Hall–Kier alpha value is -1.30. The molecule has 0 radical (unpaired) electrons. The van der Waals surface area contributed by atoms with Crippen molar-refractivity contribution in [2.45, 2.75) is 64.0 Å². The smallest absolute Gasteiger partial charge is 0.225 e. The van der Waals surface area contributed by atoms with Crippen molar-refractivity contribution in [3.8, 4) is 0 Å². The first-order valence-corrected chi connectivity index (χ1v) is 9.77. The molecular weight excluding hydrogens is 314 g/mol. The normalized spacial score (nSPS) is 23.2. The molecule has 1 amide bonds. The van der Waals surface area contributed by atoms with E-state index in [1.165, 1.54) is 19.3 Å². The summed E-state index contributed by atoms with van der Waals surface area (Å²) >= 11 is 0. The second-order valence-corrected chi connectivity index (χ2v) is 8.38. The van der Waals surface area contributed by atoms with Crippen molar-refractivity contribution < 1.29 is 4.79 Å². The van der Waals surface area contributed by atoms with Gasteiger partial charge < -0.3 is 20.4 Å². The lowest BCUT2D eigenvalue weighted by molar-refractivity contribution is -0.135. The lowest BCUT2D eigenvalue weighted by Gasteiger charge is -2.33. The van der Waals surface area contributed by atoms with Gasteiger partial charge in [0.15, 0.2) is 5.96 Å². The third-order valence-electron chi connectivity index (χ3n) is 5.92. The van der Waals surface area contributed by atoms with Crippen LogP contribution in [0.25, 0.3) is 0 Å². The Labute approximate surface area is 153 Å². The van der Waals surface area contributed by atoms with Gasteiger partial charge in [-0.2, -0.15) is 0 Å². The van der Waals surface area contributed by atoms with Gasteiger partial charge in [0.25, 0.3) is 0 Å². The number of hydrogen-bond acceptors (Lipinski definition) is 3. The van der Waals surface area contributed by atoms with E-state index in [0.29, 0.717) is 11.9 Å². The van der Waals surface area contributed by atoms with Crippen LogP contribution in [-0.4, -0.2) is 74.0 Å². The van der Waals surface area contributed by atoms with Crippen LogP contribution in [0.3, 0.4) is 0 Å². The third-order valence-corrected chi connectivity index (χ3v) is 5.92. The van der Waals surface area contributed by atoms with Crippen molar-refractivity contribution in [3.63, 3.8) is 0 Å². The second-order valence-electron chi connectivity index (χ2n) is 8.38. The topological polar surface area (TPSA) is 60.0 Å². The highest BCUT2D eigenvalue weighted by Crippen LogP contribution is 2.26. The molecule has 1 saturated heterocycles. The van der Waals surface area contributed by atoms with Gasteiger partial charge in [-0.15, -0.1) is 0 Å². The summed E-state index contributed by atoms with van der Waals surface area (Å²) in [6, 6.07) is 0.293. The summed E-state index contributed by atoms with van der Waals surface area (Å²) in [5.74, 6) is 1.47. The Kier molecular flexibility index (Phi) is 7.11. The number of guanidine groups is 1. The van der Waals surface area contributed by atoms with E-state index in [-0.39, 0.29) is 11.5 Å². The maximum atomic E-state index is 12.7. The first kappa shape index (κ1) is 20.0. The molecule has 0 aromatic heterocycles. The van der Waals surface area contributed by atoms with Crippen molar-refractivity contribution in [1.29, 1.82) is 0 Å². The molecule has 1 unspecified atom stereocenters. The summed E-state index contributed by atoms with van der Waals surface area (Å²) < 4.78 is 0. The molecule has 2 N–H and O–H groups in total. The fourth-order valence-corrected chi connectivity index (χ4v) is 3.53. The van der Waals surface area contributed by atoms with Gasteiger partial charge in [-0.1, -0.05) is 19.3 Å². The van der Waals surface area contributed by atoms with Crippen LogP contribution >= 0.6 is 0 Å². The van der Waals surface area contributed by atoms with E-state index < -0.39 is 0 Å². The van der Waals surface area contributed by atoms with Crippen LogP contribution in [-0.2, 0) is 4.79 Å². The van der Waals surface area contributed by atoms with Gasteiger partial charge in [-0.3, -0.25) is 9.79 Å². The van der Waals surface area contributed by atoms with Crippen molar-refractivity contribution >= 4 is 11.9 Å². The van der Waals surface area contributed by atoms with Crippen LogP contribution in [0.1, 0.15) is 52.4 Å². The minimum Gasteiger partial charge on any atom is -0.355 e. The van der Waals surface area contributed by atoms with Gasteiger partial charge >= 0.3 is 0 Å². The van der Waals surface area contributed by atoms with Crippen LogP contribution in [0.5, 0.6) is 0 Å². The Morgan fingerprint density at radius 3 is 2.48 bits per heavy atom. The van der Waals surface area contributed by atoms with Gasteiger partial charge in [0.2, 0.25) is 5.91 Å². The Bertz CT molecular complexity index is 468. The van der Waals surface area contributed by atoms with E-state index in [4.69, 9.17) is 0 Å². The van der Waals surface area contributed by atoms with Crippen molar-refractivity contribution in [1.82, 2.24) is 20.4 Å². The van der Waals surface area contributed by atoms with Crippen molar-refractivity contribution in [3.05, 3.63) is 0 Å². The number of likely N-dealkylation sites (N-methyl/N-ethyl adjacent to an activating group) is 1. The van der Waals surface area contributed by atoms with Crippen LogP contribution in [0.15, 0.2) is 4.99 Å². The SMILES string of the molecule is CN=C(NCC(C)(C)N(C)C)NC1CCN(C(=O)C2CCCCC2)C1. The quantitative estimate of drug-likeness (QED) is 0.584. The van der Waals surface area contributed by atoms with Crippen molar-refractivity contribution in [2.24, 2.45) is 10.9 Å². The minimum absolute atomic E-state index is 0.0519. The van der Waals surface area contributed by atoms with Crippen LogP contribution < -0.4 is 10.6 Å². The number of carbonyl (C=O) groups is 1. The van der Waals surface area contributed by atoms with E-state index in [1.807, 2.05) is 0 Å². The molecule has 1 heterocycles. The monoisotopic (exact) mass is 351 g/mol. The molecule has 0 aromatic carbocycles. The molecule has 2 fully saturated rings. The Morgan fingerprint density at radius 1 is 1.20 bits per heavy atom. The highest BCUT2D eigenvalue weighted by Gasteiger charge is 2.32. The first-order valence-electron chi connectivity index (χ1n) is 9.77. The standard InChI is InChI=1S/C19H37N5O/c1-19(2,23(4)5)14-21-18(20-3)22-16-11-12-24(13-16)17(25)15-9-7-6-8-10-15/h15-16H,6-14H2,1-5H3,(H2,20,21,22). The fourth-order valence-electron chi connectivity index (χ4n) is 3.53. The lowest BCUT2D eigenvalue weighted by Crippen LogP contribution is -2.52. The summed E-state index contributed by atoms with van der Waals surface area (Å²) in [7, 11) is 5.98. The lowest BCUT2D eigenvalue weighted by atomic mass is 9.88. The average Bonchev–Trinajstić information content (AvgIpc) is 3.07.